The number of halogens is 1. The van der Waals surface area contributed by atoms with Crippen LogP contribution < -0.4 is 5.32 Å². The zero-order valence-electron chi connectivity index (χ0n) is 9.68. The Bertz CT molecular complexity index is 661. The van der Waals surface area contributed by atoms with Crippen LogP contribution in [0.5, 0.6) is 0 Å². The molecule has 2 aromatic rings. The second-order valence-electron chi connectivity index (χ2n) is 3.73. The number of carboxylic acids is 1. The van der Waals surface area contributed by atoms with Gasteiger partial charge >= 0.3 is 5.97 Å². The average molecular weight is 337 g/mol. The van der Waals surface area contributed by atoms with Crippen LogP contribution in [0.3, 0.4) is 0 Å². The van der Waals surface area contributed by atoms with Crippen LogP contribution in [0.1, 0.15) is 20.1 Å². The summed E-state index contributed by atoms with van der Waals surface area (Å²) in [6.07, 6.45) is 0. The molecule has 6 heteroatoms. The lowest BCUT2D eigenvalue weighted by Gasteiger charge is -2.07. The van der Waals surface area contributed by atoms with E-state index in [9.17, 15) is 4.79 Å². The Morgan fingerprint density at radius 3 is 2.79 bits per heavy atom. The average Bonchev–Trinajstić information content (AvgIpc) is 2.86. The van der Waals surface area contributed by atoms with Gasteiger partial charge in [-0.3, -0.25) is 0 Å². The number of nitrogens with zero attached hydrogens (tertiary/aromatic N) is 1. The highest BCUT2D eigenvalue weighted by Gasteiger charge is 2.07. The number of nitriles is 1. The molecular weight excluding hydrogens is 328 g/mol. The van der Waals surface area contributed by atoms with E-state index >= 15 is 0 Å². The van der Waals surface area contributed by atoms with Gasteiger partial charge < -0.3 is 10.4 Å². The van der Waals surface area contributed by atoms with Crippen molar-refractivity contribution < 1.29 is 9.90 Å². The van der Waals surface area contributed by atoms with Gasteiger partial charge in [-0.1, -0.05) is 0 Å². The van der Waals surface area contributed by atoms with Crippen molar-refractivity contribution in [1.82, 2.24) is 0 Å². The Morgan fingerprint density at radius 1 is 1.42 bits per heavy atom. The minimum Gasteiger partial charge on any atom is -0.477 e. The van der Waals surface area contributed by atoms with Gasteiger partial charge in [0.25, 0.3) is 0 Å². The van der Waals surface area contributed by atoms with Crippen LogP contribution in [0.4, 0.5) is 5.69 Å². The van der Waals surface area contributed by atoms with Gasteiger partial charge in [0.2, 0.25) is 0 Å². The van der Waals surface area contributed by atoms with Crippen LogP contribution in [-0.2, 0) is 6.54 Å². The van der Waals surface area contributed by atoms with Gasteiger partial charge in [-0.15, -0.1) is 11.3 Å². The van der Waals surface area contributed by atoms with E-state index in [1.54, 1.807) is 24.3 Å². The summed E-state index contributed by atoms with van der Waals surface area (Å²) >= 11 is 4.63. The second kappa shape index (κ2) is 5.87. The molecule has 0 spiro atoms. The molecule has 0 fully saturated rings. The van der Waals surface area contributed by atoms with Gasteiger partial charge in [0.1, 0.15) is 4.88 Å². The first-order chi connectivity index (χ1) is 9.10. The molecule has 0 bridgehead atoms. The third-order valence-corrected chi connectivity index (χ3v) is 4.15. The number of anilines is 1. The summed E-state index contributed by atoms with van der Waals surface area (Å²) in [6, 6.07) is 10.7. The molecule has 1 aromatic carbocycles. The molecule has 96 valence electrons. The van der Waals surface area contributed by atoms with Crippen molar-refractivity contribution in [2.75, 3.05) is 5.32 Å². The molecule has 4 nitrogen and oxygen atoms in total. The standard InChI is InChI=1S/C13H9BrN2O2S/c14-10-5-8(6-15)1-3-11(10)16-7-9-2-4-12(19-9)13(17)18/h1-5,16H,7H2,(H,17,18). The van der Waals surface area contributed by atoms with Gasteiger partial charge in [0.15, 0.2) is 0 Å². The van der Waals surface area contributed by atoms with Gasteiger partial charge in [-0.2, -0.15) is 5.26 Å². The highest BCUT2D eigenvalue weighted by Crippen LogP contribution is 2.25. The van der Waals surface area contributed by atoms with Crippen molar-refractivity contribution in [2.24, 2.45) is 0 Å². The van der Waals surface area contributed by atoms with Gasteiger partial charge in [-0.25, -0.2) is 4.79 Å². The van der Waals surface area contributed by atoms with E-state index in [1.165, 1.54) is 11.3 Å². The first kappa shape index (κ1) is 13.6. The van der Waals surface area contributed by atoms with Crippen LogP contribution in [0, 0.1) is 11.3 Å². The molecule has 0 amide bonds. The number of benzene rings is 1. The van der Waals surface area contributed by atoms with Crippen molar-refractivity contribution in [1.29, 1.82) is 5.26 Å². The molecule has 1 heterocycles. The van der Waals surface area contributed by atoms with E-state index < -0.39 is 5.97 Å². The zero-order chi connectivity index (χ0) is 13.8. The van der Waals surface area contributed by atoms with Crippen LogP contribution in [0.15, 0.2) is 34.8 Å². The molecule has 0 aliphatic carbocycles. The van der Waals surface area contributed by atoms with Gasteiger partial charge in [-0.05, 0) is 46.3 Å². The Kier molecular flexibility index (Phi) is 4.20. The predicted molar refractivity (Wildman–Crippen MR) is 77.5 cm³/mol. The number of carbonyl (C=O) groups is 1. The molecule has 0 saturated heterocycles. The van der Waals surface area contributed by atoms with Crippen molar-refractivity contribution in [3.63, 3.8) is 0 Å². The third-order valence-electron chi connectivity index (χ3n) is 2.42. The molecule has 0 saturated carbocycles. The predicted octanol–water partition coefficient (Wildman–Crippen LogP) is 3.69. The maximum Gasteiger partial charge on any atom is 0.345 e. The molecule has 0 aliphatic rings. The monoisotopic (exact) mass is 336 g/mol. The molecular formula is C13H9BrN2O2S. The lowest BCUT2D eigenvalue weighted by molar-refractivity contribution is 0.0702. The zero-order valence-corrected chi connectivity index (χ0v) is 12.1. The molecule has 0 radical (unpaired) electrons. The first-order valence-electron chi connectivity index (χ1n) is 5.35. The topological polar surface area (TPSA) is 73.1 Å². The van der Waals surface area contributed by atoms with E-state index in [4.69, 9.17) is 10.4 Å². The Balaban J connectivity index is 2.06. The fourth-order valence-electron chi connectivity index (χ4n) is 1.50. The van der Waals surface area contributed by atoms with E-state index in [-0.39, 0.29) is 0 Å². The normalized spacial score (nSPS) is 9.89. The number of carboxylic acid groups (broad SMARTS) is 1. The number of hydrogen-bond donors (Lipinski definition) is 2. The Hall–Kier alpha value is -1.84. The van der Waals surface area contributed by atoms with Crippen LogP contribution in [0.2, 0.25) is 0 Å². The minimum absolute atomic E-state index is 0.329. The molecule has 0 unspecified atom stereocenters. The Morgan fingerprint density at radius 2 is 2.21 bits per heavy atom. The summed E-state index contributed by atoms with van der Waals surface area (Å²) in [5.41, 5.74) is 1.45. The number of hydrogen-bond acceptors (Lipinski definition) is 4. The van der Waals surface area contributed by atoms with Crippen LogP contribution in [0.25, 0.3) is 0 Å². The maximum absolute atomic E-state index is 10.8. The number of rotatable bonds is 4. The summed E-state index contributed by atoms with van der Waals surface area (Å²) in [5.74, 6) is -0.907. The van der Waals surface area contributed by atoms with E-state index in [2.05, 4.69) is 27.3 Å². The largest absolute Gasteiger partial charge is 0.477 e. The van der Waals surface area contributed by atoms with Crippen molar-refractivity contribution in [3.8, 4) is 6.07 Å². The highest BCUT2D eigenvalue weighted by molar-refractivity contribution is 9.10. The number of aromatic carboxylic acids is 1. The molecule has 19 heavy (non-hydrogen) atoms. The second-order valence-corrected chi connectivity index (χ2v) is 5.75. The maximum atomic E-state index is 10.8. The van der Waals surface area contributed by atoms with Crippen molar-refractivity contribution in [2.45, 2.75) is 6.54 Å². The number of nitrogens with one attached hydrogen (secondary N) is 1. The van der Waals surface area contributed by atoms with E-state index in [0.717, 1.165) is 15.0 Å². The molecule has 1 aromatic heterocycles. The Labute approximate surface area is 122 Å². The van der Waals surface area contributed by atoms with Crippen LogP contribution in [-0.4, -0.2) is 11.1 Å². The summed E-state index contributed by atoms with van der Waals surface area (Å²) < 4.78 is 0.807. The fraction of sp³-hybridized carbons (Fsp3) is 0.0769. The molecule has 0 atom stereocenters. The lowest BCUT2D eigenvalue weighted by atomic mass is 10.2. The van der Waals surface area contributed by atoms with E-state index in [1.807, 2.05) is 6.07 Å². The quantitative estimate of drug-likeness (QED) is 0.892. The van der Waals surface area contributed by atoms with Gasteiger partial charge in [0.05, 0.1) is 11.6 Å². The molecule has 0 aliphatic heterocycles. The summed E-state index contributed by atoms with van der Waals surface area (Å²) in [4.78, 5) is 12.0. The molecule has 2 rings (SSSR count). The van der Waals surface area contributed by atoms with E-state index in [0.29, 0.717) is 17.0 Å². The minimum atomic E-state index is -0.907. The number of thiophene rings is 1. The van der Waals surface area contributed by atoms with Crippen LogP contribution >= 0.6 is 27.3 Å². The molecule has 2 N–H and O–H groups in total. The third kappa shape index (κ3) is 3.34. The fourth-order valence-corrected chi connectivity index (χ4v) is 2.80. The smallest absolute Gasteiger partial charge is 0.345 e. The first-order valence-corrected chi connectivity index (χ1v) is 6.96. The SMILES string of the molecule is N#Cc1ccc(NCc2ccc(C(=O)O)s2)c(Br)c1. The summed E-state index contributed by atoms with van der Waals surface area (Å²) in [5, 5.41) is 20.8. The lowest BCUT2D eigenvalue weighted by Crippen LogP contribution is -1.98. The van der Waals surface area contributed by atoms with Crippen molar-refractivity contribution >= 4 is 38.9 Å². The highest BCUT2D eigenvalue weighted by atomic mass is 79.9. The van der Waals surface area contributed by atoms with Crippen molar-refractivity contribution in [3.05, 3.63) is 50.1 Å². The summed E-state index contributed by atoms with van der Waals surface area (Å²) in [6.45, 7) is 0.544. The van der Waals surface area contributed by atoms with Gasteiger partial charge in [0, 0.05) is 21.6 Å². The summed E-state index contributed by atoms with van der Waals surface area (Å²) in [7, 11) is 0.